The lowest BCUT2D eigenvalue weighted by molar-refractivity contribution is 0.133. The molecule has 78 valence electrons. The van der Waals surface area contributed by atoms with Crippen molar-refractivity contribution >= 4 is 11.6 Å². The molecule has 0 aliphatic heterocycles. The van der Waals surface area contributed by atoms with Crippen LogP contribution in [-0.2, 0) is 0 Å². The van der Waals surface area contributed by atoms with E-state index in [0.29, 0.717) is 0 Å². The summed E-state index contributed by atoms with van der Waals surface area (Å²) in [4.78, 5) is 0. The third kappa shape index (κ3) is 2.84. The van der Waals surface area contributed by atoms with Gasteiger partial charge >= 0.3 is 0 Å². The van der Waals surface area contributed by atoms with Gasteiger partial charge in [-0.05, 0) is 26.0 Å². The van der Waals surface area contributed by atoms with Gasteiger partial charge in [0.05, 0.1) is 5.88 Å². The molecule has 0 radical (unpaired) electrons. The minimum atomic E-state index is -0.923. The van der Waals surface area contributed by atoms with Crippen molar-refractivity contribution in [2.45, 2.75) is 19.4 Å². The summed E-state index contributed by atoms with van der Waals surface area (Å²) in [6, 6.07) is 3.39. The predicted molar refractivity (Wildman–Crippen MR) is 51.8 cm³/mol. The second-order valence-corrected chi connectivity index (χ2v) is 3.84. The van der Waals surface area contributed by atoms with Crippen molar-refractivity contribution in [3.63, 3.8) is 0 Å². The van der Waals surface area contributed by atoms with Gasteiger partial charge in [0.25, 0.3) is 0 Å². The van der Waals surface area contributed by atoms with E-state index in [9.17, 15) is 8.78 Å². The Morgan fingerprint density at radius 3 is 2.43 bits per heavy atom. The van der Waals surface area contributed by atoms with Crippen LogP contribution >= 0.6 is 11.6 Å². The topological polar surface area (TPSA) is 9.23 Å². The predicted octanol–water partition coefficient (Wildman–Crippen LogP) is 3.36. The standard InChI is InChI=1S/C10H11ClF2O/c1-10(2,6-11)14-7-3-4-8(12)9(13)5-7/h3-5H,6H2,1-2H3. The summed E-state index contributed by atoms with van der Waals surface area (Å²) in [6.45, 7) is 3.53. The highest BCUT2D eigenvalue weighted by molar-refractivity contribution is 6.18. The van der Waals surface area contributed by atoms with Gasteiger partial charge in [0, 0.05) is 6.07 Å². The van der Waals surface area contributed by atoms with E-state index in [1.165, 1.54) is 6.07 Å². The highest BCUT2D eigenvalue weighted by Gasteiger charge is 2.18. The van der Waals surface area contributed by atoms with Crippen molar-refractivity contribution < 1.29 is 13.5 Å². The molecule has 0 aromatic heterocycles. The molecule has 1 aromatic carbocycles. The minimum absolute atomic E-state index is 0.270. The Morgan fingerprint density at radius 2 is 1.93 bits per heavy atom. The van der Waals surface area contributed by atoms with Gasteiger partial charge in [-0.1, -0.05) is 0 Å². The van der Waals surface area contributed by atoms with E-state index in [1.54, 1.807) is 13.8 Å². The lowest BCUT2D eigenvalue weighted by atomic mass is 10.2. The summed E-state index contributed by atoms with van der Waals surface area (Å²) in [5.41, 5.74) is -0.591. The van der Waals surface area contributed by atoms with Crippen LogP contribution in [0.4, 0.5) is 8.78 Å². The first-order valence-electron chi connectivity index (χ1n) is 4.15. The third-order valence-corrected chi connectivity index (χ3v) is 2.25. The number of alkyl halides is 1. The van der Waals surface area contributed by atoms with Gasteiger partial charge in [-0.2, -0.15) is 0 Å². The molecule has 0 bridgehead atoms. The van der Waals surface area contributed by atoms with E-state index in [1.807, 2.05) is 0 Å². The summed E-state index contributed by atoms with van der Waals surface area (Å²) < 4.78 is 30.7. The molecule has 14 heavy (non-hydrogen) atoms. The van der Waals surface area contributed by atoms with Crippen molar-refractivity contribution in [2.24, 2.45) is 0 Å². The monoisotopic (exact) mass is 220 g/mol. The van der Waals surface area contributed by atoms with Gasteiger partial charge in [0.1, 0.15) is 11.4 Å². The first-order chi connectivity index (χ1) is 6.44. The number of halogens is 3. The van der Waals surface area contributed by atoms with Gasteiger partial charge in [-0.25, -0.2) is 8.78 Å². The van der Waals surface area contributed by atoms with E-state index < -0.39 is 17.2 Å². The minimum Gasteiger partial charge on any atom is -0.487 e. The molecule has 0 aliphatic carbocycles. The Labute approximate surface area is 86.6 Å². The second-order valence-electron chi connectivity index (χ2n) is 3.57. The average molecular weight is 221 g/mol. The van der Waals surface area contributed by atoms with Gasteiger partial charge in [0.15, 0.2) is 11.6 Å². The number of hydrogen-bond donors (Lipinski definition) is 0. The van der Waals surface area contributed by atoms with E-state index in [0.717, 1.165) is 12.1 Å². The van der Waals surface area contributed by atoms with Crippen LogP contribution in [0.1, 0.15) is 13.8 Å². The second kappa shape index (κ2) is 4.13. The Bertz CT molecular complexity index is 326. The smallest absolute Gasteiger partial charge is 0.162 e. The Morgan fingerprint density at radius 1 is 1.29 bits per heavy atom. The molecule has 0 N–H and O–H groups in total. The van der Waals surface area contributed by atoms with Crippen molar-refractivity contribution in [1.29, 1.82) is 0 Å². The fourth-order valence-corrected chi connectivity index (χ4v) is 0.941. The van der Waals surface area contributed by atoms with Crippen LogP contribution in [0.2, 0.25) is 0 Å². The zero-order valence-electron chi connectivity index (χ0n) is 7.98. The maximum absolute atomic E-state index is 12.8. The summed E-state index contributed by atoms with van der Waals surface area (Å²) in [5, 5.41) is 0. The number of ether oxygens (including phenoxy) is 1. The SMILES string of the molecule is CC(C)(CCl)Oc1ccc(F)c(F)c1. The fraction of sp³-hybridized carbons (Fsp3) is 0.400. The fourth-order valence-electron chi connectivity index (χ4n) is 0.887. The van der Waals surface area contributed by atoms with Crippen molar-refractivity contribution in [3.05, 3.63) is 29.8 Å². The highest BCUT2D eigenvalue weighted by Crippen LogP contribution is 2.21. The number of hydrogen-bond acceptors (Lipinski definition) is 1. The lowest BCUT2D eigenvalue weighted by Crippen LogP contribution is -2.30. The number of rotatable bonds is 3. The maximum atomic E-state index is 12.8. The molecular formula is C10H11ClF2O. The van der Waals surface area contributed by atoms with Crippen LogP contribution in [0.15, 0.2) is 18.2 Å². The lowest BCUT2D eigenvalue weighted by Gasteiger charge is -2.23. The average Bonchev–Trinajstić information content (AvgIpc) is 2.11. The zero-order valence-corrected chi connectivity index (χ0v) is 8.74. The van der Waals surface area contributed by atoms with Crippen molar-refractivity contribution in [3.8, 4) is 5.75 Å². The van der Waals surface area contributed by atoms with Crippen LogP contribution in [0.5, 0.6) is 5.75 Å². The molecule has 0 aliphatic rings. The zero-order chi connectivity index (χ0) is 10.8. The Hall–Kier alpha value is -0.830. The van der Waals surface area contributed by atoms with Gasteiger partial charge in [-0.3, -0.25) is 0 Å². The van der Waals surface area contributed by atoms with E-state index in [2.05, 4.69) is 0 Å². The Kier molecular flexibility index (Phi) is 3.32. The van der Waals surface area contributed by atoms with Crippen LogP contribution < -0.4 is 4.74 Å². The first kappa shape index (κ1) is 11.2. The van der Waals surface area contributed by atoms with Crippen molar-refractivity contribution in [2.75, 3.05) is 5.88 Å². The Balaban J connectivity index is 2.83. The molecule has 1 rings (SSSR count). The van der Waals surface area contributed by atoms with Gasteiger partial charge < -0.3 is 4.74 Å². The van der Waals surface area contributed by atoms with Gasteiger partial charge in [0.2, 0.25) is 0 Å². The molecule has 0 unspecified atom stereocenters. The van der Waals surface area contributed by atoms with Crippen LogP contribution in [0, 0.1) is 11.6 Å². The molecule has 1 nitrogen and oxygen atoms in total. The molecule has 0 heterocycles. The molecule has 0 saturated carbocycles. The molecule has 0 atom stereocenters. The van der Waals surface area contributed by atoms with Crippen LogP contribution in [-0.4, -0.2) is 11.5 Å². The third-order valence-electron chi connectivity index (χ3n) is 1.61. The normalized spacial score (nSPS) is 11.5. The number of benzene rings is 1. The van der Waals surface area contributed by atoms with Gasteiger partial charge in [-0.15, -0.1) is 11.6 Å². The van der Waals surface area contributed by atoms with Crippen molar-refractivity contribution in [1.82, 2.24) is 0 Å². The summed E-state index contributed by atoms with van der Waals surface area (Å²) >= 11 is 5.62. The summed E-state index contributed by atoms with van der Waals surface area (Å²) in [6.07, 6.45) is 0. The van der Waals surface area contributed by atoms with Crippen LogP contribution in [0.3, 0.4) is 0 Å². The highest BCUT2D eigenvalue weighted by atomic mass is 35.5. The maximum Gasteiger partial charge on any atom is 0.162 e. The molecule has 0 saturated heterocycles. The van der Waals surface area contributed by atoms with Crippen LogP contribution in [0.25, 0.3) is 0 Å². The molecular weight excluding hydrogens is 210 g/mol. The van der Waals surface area contributed by atoms with E-state index >= 15 is 0 Å². The van der Waals surface area contributed by atoms with E-state index in [-0.39, 0.29) is 11.6 Å². The molecule has 0 amide bonds. The summed E-state index contributed by atoms with van der Waals surface area (Å²) in [7, 11) is 0. The molecule has 1 aromatic rings. The largest absolute Gasteiger partial charge is 0.487 e. The molecule has 0 spiro atoms. The molecule has 4 heteroatoms. The van der Waals surface area contributed by atoms with E-state index in [4.69, 9.17) is 16.3 Å². The molecule has 0 fully saturated rings. The first-order valence-corrected chi connectivity index (χ1v) is 4.68. The summed E-state index contributed by atoms with van der Waals surface area (Å²) in [5.74, 6) is -1.27. The quantitative estimate of drug-likeness (QED) is 0.710.